The minimum absolute atomic E-state index is 0.115. The number of ether oxygens (including phenoxy) is 1. The van der Waals surface area contributed by atoms with Crippen LogP contribution in [0.3, 0.4) is 0 Å². The van der Waals surface area contributed by atoms with E-state index in [2.05, 4.69) is 11.9 Å². The van der Waals surface area contributed by atoms with Crippen molar-refractivity contribution in [1.82, 2.24) is 4.98 Å². The molecule has 0 aliphatic carbocycles. The molecule has 1 N–H and O–H groups in total. The van der Waals surface area contributed by atoms with Crippen LogP contribution in [-0.2, 0) is 9.53 Å². The van der Waals surface area contributed by atoms with Crippen LogP contribution in [-0.4, -0.2) is 35.3 Å². The van der Waals surface area contributed by atoms with Crippen molar-refractivity contribution in [2.75, 3.05) is 18.1 Å². The number of anilines is 1. The summed E-state index contributed by atoms with van der Waals surface area (Å²) in [6, 6.07) is 10.6. The summed E-state index contributed by atoms with van der Waals surface area (Å²) in [5.41, 5.74) is 0.177. The fourth-order valence-corrected chi connectivity index (χ4v) is 3.72. The zero-order chi connectivity index (χ0) is 17.8. The van der Waals surface area contributed by atoms with Gasteiger partial charge in [-0.3, -0.25) is 9.59 Å². The molecule has 0 bridgehead atoms. The average molecular weight is 358 g/mol. The normalized spacial score (nSPS) is 16.7. The van der Waals surface area contributed by atoms with E-state index in [9.17, 15) is 14.4 Å². The van der Waals surface area contributed by atoms with Gasteiger partial charge in [0.15, 0.2) is 6.61 Å². The first-order valence-electron chi connectivity index (χ1n) is 7.97. The number of esters is 1. The number of carbonyl (C=O) groups excluding carboxylic acids is 2. The number of H-pyrrole nitrogens is 1. The van der Waals surface area contributed by atoms with Crippen molar-refractivity contribution in [3.8, 4) is 0 Å². The maximum Gasteiger partial charge on any atom is 0.344 e. The zero-order valence-electron chi connectivity index (χ0n) is 13.7. The number of aromatic nitrogens is 1. The Morgan fingerprint density at radius 3 is 2.88 bits per heavy atom. The lowest BCUT2D eigenvalue weighted by molar-refractivity contribution is -0.121. The van der Waals surface area contributed by atoms with Crippen LogP contribution in [0.4, 0.5) is 5.69 Å². The number of para-hydroxylation sites is 1. The maximum atomic E-state index is 12.6. The fraction of sp³-hybridized carbons (Fsp3) is 0.278. The molecule has 130 valence electrons. The molecule has 0 unspecified atom stereocenters. The predicted molar refractivity (Wildman–Crippen MR) is 96.1 cm³/mol. The molecule has 2 aromatic rings. The van der Waals surface area contributed by atoms with E-state index in [-0.39, 0.29) is 11.5 Å². The molecule has 25 heavy (non-hydrogen) atoms. The van der Waals surface area contributed by atoms with Crippen molar-refractivity contribution < 1.29 is 14.3 Å². The van der Waals surface area contributed by atoms with Gasteiger partial charge in [-0.05, 0) is 30.7 Å². The first-order chi connectivity index (χ1) is 12.1. The highest BCUT2D eigenvalue weighted by atomic mass is 32.2. The van der Waals surface area contributed by atoms with Crippen molar-refractivity contribution in [3.05, 3.63) is 58.5 Å². The van der Waals surface area contributed by atoms with E-state index in [1.807, 2.05) is 24.3 Å². The average Bonchev–Trinajstić information content (AvgIpc) is 2.78. The number of nitrogens with zero attached hydrogens (tertiary/aromatic N) is 1. The second kappa shape index (κ2) is 7.57. The van der Waals surface area contributed by atoms with Crippen LogP contribution in [0.1, 0.15) is 23.7 Å². The zero-order valence-corrected chi connectivity index (χ0v) is 14.5. The van der Waals surface area contributed by atoms with Crippen molar-refractivity contribution in [1.29, 1.82) is 0 Å². The Morgan fingerprint density at radius 2 is 2.08 bits per heavy atom. The number of amides is 1. The number of nitrogens with one attached hydrogen (secondary N) is 1. The molecule has 1 aromatic carbocycles. The molecule has 0 spiro atoms. The Kier molecular flexibility index (Phi) is 5.23. The van der Waals surface area contributed by atoms with E-state index < -0.39 is 18.1 Å². The third-order valence-electron chi connectivity index (χ3n) is 3.91. The second-order valence-corrected chi connectivity index (χ2v) is 7.20. The van der Waals surface area contributed by atoms with Crippen LogP contribution in [0.5, 0.6) is 0 Å². The Hall–Kier alpha value is -2.54. The Balaban J connectivity index is 1.72. The van der Waals surface area contributed by atoms with E-state index in [0.29, 0.717) is 11.8 Å². The molecule has 7 heteroatoms. The van der Waals surface area contributed by atoms with Crippen LogP contribution >= 0.6 is 11.8 Å². The number of thioether (sulfide) groups is 1. The van der Waals surface area contributed by atoms with Crippen molar-refractivity contribution >= 4 is 29.3 Å². The minimum Gasteiger partial charge on any atom is -0.452 e. The molecule has 0 saturated carbocycles. The summed E-state index contributed by atoms with van der Waals surface area (Å²) in [6.07, 6.45) is 2.27. The second-order valence-electron chi connectivity index (χ2n) is 5.72. The van der Waals surface area contributed by atoms with E-state index >= 15 is 0 Å². The number of carbonyl (C=O) groups is 2. The lowest BCUT2D eigenvalue weighted by atomic mass is 10.2. The molecular formula is C18H18N2O4S. The highest BCUT2D eigenvalue weighted by Crippen LogP contribution is 2.37. The molecule has 6 nitrogen and oxygen atoms in total. The van der Waals surface area contributed by atoms with Crippen LogP contribution in [0, 0.1) is 0 Å². The van der Waals surface area contributed by atoms with Crippen molar-refractivity contribution in [3.63, 3.8) is 0 Å². The van der Waals surface area contributed by atoms with Crippen LogP contribution in [0.15, 0.2) is 52.3 Å². The molecule has 0 radical (unpaired) electrons. The molecule has 1 atom stereocenters. The van der Waals surface area contributed by atoms with Gasteiger partial charge in [0.2, 0.25) is 0 Å². The van der Waals surface area contributed by atoms with E-state index in [4.69, 9.17) is 4.74 Å². The Morgan fingerprint density at radius 1 is 1.28 bits per heavy atom. The number of pyridine rings is 1. The van der Waals surface area contributed by atoms with E-state index in [1.54, 1.807) is 16.7 Å². The first-order valence-corrected chi connectivity index (χ1v) is 8.85. The third kappa shape index (κ3) is 3.93. The monoisotopic (exact) mass is 358 g/mol. The van der Waals surface area contributed by atoms with Gasteiger partial charge in [0.25, 0.3) is 11.5 Å². The molecule has 1 aliphatic heterocycles. The summed E-state index contributed by atoms with van der Waals surface area (Å²) < 4.78 is 5.05. The van der Waals surface area contributed by atoms with Crippen LogP contribution in [0.2, 0.25) is 0 Å². The van der Waals surface area contributed by atoms with Gasteiger partial charge >= 0.3 is 5.97 Å². The van der Waals surface area contributed by atoms with Crippen molar-refractivity contribution in [2.24, 2.45) is 0 Å². The summed E-state index contributed by atoms with van der Waals surface area (Å²) in [7, 11) is 0. The van der Waals surface area contributed by atoms with Gasteiger partial charge in [-0.25, -0.2) is 4.79 Å². The highest BCUT2D eigenvalue weighted by molar-refractivity contribution is 8.00. The Labute approximate surface area is 149 Å². The van der Waals surface area contributed by atoms with Gasteiger partial charge in [0.1, 0.15) is 5.56 Å². The maximum absolute atomic E-state index is 12.6. The van der Waals surface area contributed by atoms with Gasteiger partial charge in [0, 0.05) is 22.9 Å². The predicted octanol–water partition coefficient (Wildman–Crippen LogP) is 2.45. The quantitative estimate of drug-likeness (QED) is 0.853. The van der Waals surface area contributed by atoms with Crippen molar-refractivity contribution in [2.45, 2.75) is 23.5 Å². The van der Waals surface area contributed by atoms with Gasteiger partial charge < -0.3 is 14.6 Å². The van der Waals surface area contributed by atoms with Gasteiger partial charge in [-0.2, -0.15) is 0 Å². The van der Waals surface area contributed by atoms with Crippen LogP contribution < -0.4 is 10.5 Å². The van der Waals surface area contributed by atoms with Gasteiger partial charge in [-0.15, -0.1) is 11.8 Å². The summed E-state index contributed by atoms with van der Waals surface area (Å²) >= 11 is 1.73. The molecule has 0 saturated heterocycles. The molecule has 2 heterocycles. The summed E-state index contributed by atoms with van der Waals surface area (Å²) in [5, 5.41) is 0.393. The molecule has 1 aromatic heterocycles. The molecule has 0 fully saturated rings. The molecule has 1 amide bonds. The largest absolute Gasteiger partial charge is 0.452 e. The lowest BCUT2D eigenvalue weighted by Gasteiger charge is -2.22. The third-order valence-corrected chi connectivity index (χ3v) is 5.15. The summed E-state index contributed by atoms with van der Waals surface area (Å²) in [4.78, 5) is 41.3. The smallest absolute Gasteiger partial charge is 0.344 e. The fourth-order valence-electron chi connectivity index (χ4n) is 2.61. The number of aromatic amines is 1. The summed E-state index contributed by atoms with van der Waals surface area (Å²) in [6.45, 7) is 2.28. The first kappa shape index (κ1) is 17.3. The van der Waals surface area contributed by atoms with Gasteiger partial charge in [-0.1, -0.05) is 19.1 Å². The molecular weight excluding hydrogens is 340 g/mol. The minimum atomic E-state index is -0.805. The Bertz CT molecular complexity index is 849. The molecule has 1 aliphatic rings. The van der Waals surface area contributed by atoms with E-state index in [0.717, 1.165) is 17.0 Å². The van der Waals surface area contributed by atoms with E-state index in [1.165, 1.54) is 18.3 Å². The highest BCUT2D eigenvalue weighted by Gasteiger charge is 2.25. The molecule has 3 rings (SSSR count). The number of benzene rings is 1. The topological polar surface area (TPSA) is 79.5 Å². The van der Waals surface area contributed by atoms with Gasteiger partial charge in [0.05, 0.1) is 5.69 Å². The SMILES string of the molecule is C[C@H]1CCN(C(=O)COC(=O)c2ccc[nH]c2=O)c2ccccc2S1. The number of rotatable bonds is 3. The standard InChI is InChI=1S/C18H18N2O4S/c1-12-8-10-20(14-6-2-3-7-15(14)25-12)16(21)11-24-18(23)13-5-4-9-19-17(13)22/h2-7,9,12H,8,10-11H2,1H3,(H,19,22)/t12-/m0/s1. The lowest BCUT2D eigenvalue weighted by Crippen LogP contribution is -2.36. The number of hydrogen-bond acceptors (Lipinski definition) is 5. The van der Waals surface area contributed by atoms with Crippen LogP contribution in [0.25, 0.3) is 0 Å². The summed E-state index contributed by atoms with van der Waals surface area (Å²) in [5.74, 6) is -1.11. The number of fused-ring (bicyclic) bond motifs is 1. The number of hydrogen-bond donors (Lipinski definition) is 1.